The van der Waals surface area contributed by atoms with E-state index in [-0.39, 0.29) is 12.0 Å². The van der Waals surface area contributed by atoms with Gasteiger partial charge >= 0.3 is 5.97 Å². The number of esters is 1. The van der Waals surface area contributed by atoms with Gasteiger partial charge in [-0.1, -0.05) is 30.3 Å². The third-order valence-electron chi connectivity index (χ3n) is 2.92. The van der Waals surface area contributed by atoms with E-state index in [4.69, 9.17) is 4.74 Å². The summed E-state index contributed by atoms with van der Waals surface area (Å²) >= 11 is 0. The van der Waals surface area contributed by atoms with E-state index in [1.165, 1.54) is 5.56 Å². The van der Waals surface area contributed by atoms with Crippen molar-refractivity contribution < 1.29 is 9.53 Å². The Bertz CT molecular complexity index is 350. The van der Waals surface area contributed by atoms with Crippen molar-refractivity contribution in [2.24, 2.45) is 0 Å². The first kappa shape index (κ1) is 11.1. The molecule has 1 heterocycles. The molecular weight excluding hydrogens is 202 g/mol. The lowest BCUT2D eigenvalue weighted by Crippen LogP contribution is -2.52. The molecule has 1 aliphatic heterocycles. The molecule has 0 radical (unpaired) electrons. The second-order valence-corrected chi connectivity index (χ2v) is 4.01. The minimum atomic E-state index is -0.0790. The molecule has 1 aliphatic rings. The molecule has 0 aromatic heterocycles. The fourth-order valence-corrected chi connectivity index (χ4v) is 1.95. The summed E-state index contributed by atoms with van der Waals surface area (Å²) < 4.78 is 5.03. The van der Waals surface area contributed by atoms with Gasteiger partial charge in [-0.3, -0.25) is 9.69 Å². The molecule has 0 spiro atoms. The number of hydrogen-bond donors (Lipinski definition) is 0. The minimum absolute atomic E-state index is 0.0276. The fraction of sp³-hybridized carbons (Fsp3) is 0.462. The molecule has 1 aromatic rings. The van der Waals surface area contributed by atoms with Crippen LogP contribution in [-0.4, -0.2) is 30.1 Å². The summed E-state index contributed by atoms with van der Waals surface area (Å²) in [4.78, 5) is 13.7. The summed E-state index contributed by atoms with van der Waals surface area (Å²) in [5.74, 6) is -0.0790. The molecular formula is C13H17NO2. The van der Waals surface area contributed by atoms with Gasteiger partial charge in [-0.05, 0) is 18.9 Å². The Morgan fingerprint density at radius 3 is 2.75 bits per heavy atom. The Morgan fingerprint density at radius 1 is 1.44 bits per heavy atom. The van der Waals surface area contributed by atoms with Gasteiger partial charge in [0, 0.05) is 13.1 Å². The number of hydrogen-bond acceptors (Lipinski definition) is 3. The first-order valence-corrected chi connectivity index (χ1v) is 5.76. The maximum Gasteiger partial charge on any atom is 0.323 e. The highest BCUT2D eigenvalue weighted by Crippen LogP contribution is 2.21. The Hall–Kier alpha value is -1.35. The van der Waals surface area contributed by atoms with Gasteiger partial charge in [0.25, 0.3) is 0 Å². The molecule has 0 amide bonds. The van der Waals surface area contributed by atoms with E-state index in [1.54, 1.807) is 0 Å². The van der Waals surface area contributed by atoms with Gasteiger partial charge in [0.2, 0.25) is 0 Å². The van der Waals surface area contributed by atoms with Gasteiger partial charge < -0.3 is 4.74 Å². The zero-order valence-corrected chi connectivity index (χ0v) is 9.56. The van der Waals surface area contributed by atoms with Crippen LogP contribution in [0, 0.1) is 0 Å². The first-order chi connectivity index (χ1) is 7.81. The third kappa shape index (κ3) is 2.42. The summed E-state index contributed by atoms with van der Waals surface area (Å²) in [5, 5.41) is 0. The van der Waals surface area contributed by atoms with Gasteiger partial charge in [0.15, 0.2) is 0 Å². The van der Waals surface area contributed by atoms with Crippen LogP contribution in [0.15, 0.2) is 30.3 Å². The number of benzene rings is 1. The lowest BCUT2D eigenvalue weighted by Gasteiger charge is -2.38. The van der Waals surface area contributed by atoms with Crippen molar-refractivity contribution in [3.63, 3.8) is 0 Å². The molecule has 1 aromatic carbocycles. The smallest absolute Gasteiger partial charge is 0.323 e. The molecule has 3 heteroatoms. The molecule has 2 rings (SSSR count). The largest absolute Gasteiger partial charge is 0.465 e. The summed E-state index contributed by atoms with van der Waals surface area (Å²) in [6, 6.07) is 10.2. The van der Waals surface area contributed by atoms with Crippen molar-refractivity contribution in [3.05, 3.63) is 35.9 Å². The molecule has 0 aliphatic carbocycles. The Balaban J connectivity index is 1.90. The Morgan fingerprint density at radius 2 is 2.19 bits per heavy atom. The van der Waals surface area contributed by atoms with E-state index in [0.29, 0.717) is 6.61 Å². The number of rotatable bonds is 4. The molecule has 0 unspecified atom stereocenters. The monoisotopic (exact) mass is 219 g/mol. The van der Waals surface area contributed by atoms with Gasteiger partial charge in [0.05, 0.1) is 6.61 Å². The molecule has 3 nitrogen and oxygen atoms in total. The second kappa shape index (κ2) is 5.12. The molecule has 16 heavy (non-hydrogen) atoms. The quantitative estimate of drug-likeness (QED) is 0.723. The van der Waals surface area contributed by atoms with Gasteiger partial charge in [0.1, 0.15) is 6.04 Å². The van der Waals surface area contributed by atoms with Crippen molar-refractivity contribution >= 4 is 5.97 Å². The van der Waals surface area contributed by atoms with Crippen LogP contribution in [0.2, 0.25) is 0 Å². The number of carbonyl (C=O) groups is 1. The SMILES string of the molecule is CCOC(=O)[C@@H]1CCN1Cc1ccccc1. The zero-order chi connectivity index (χ0) is 11.4. The van der Waals surface area contributed by atoms with E-state index in [1.807, 2.05) is 25.1 Å². The van der Waals surface area contributed by atoms with E-state index < -0.39 is 0 Å². The second-order valence-electron chi connectivity index (χ2n) is 4.01. The molecule has 1 atom stereocenters. The number of ether oxygens (including phenoxy) is 1. The minimum Gasteiger partial charge on any atom is -0.465 e. The maximum atomic E-state index is 11.6. The van der Waals surface area contributed by atoms with E-state index in [9.17, 15) is 4.79 Å². The van der Waals surface area contributed by atoms with Crippen LogP contribution < -0.4 is 0 Å². The lowest BCUT2D eigenvalue weighted by atomic mass is 10.0. The van der Waals surface area contributed by atoms with Gasteiger partial charge in [-0.2, -0.15) is 0 Å². The van der Waals surface area contributed by atoms with Gasteiger partial charge in [-0.25, -0.2) is 0 Å². The van der Waals surface area contributed by atoms with Crippen LogP contribution in [-0.2, 0) is 16.1 Å². The topological polar surface area (TPSA) is 29.5 Å². The van der Waals surface area contributed by atoms with Crippen molar-refractivity contribution in [1.29, 1.82) is 0 Å². The molecule has 0 saturated carbocycles. The van der Waals surface area contributed by atoms with Crippen LogP contribution in [0.1, 0.15) is 18.9 Å². The van der Waals surface area contributed by atoms with E-state index in [0.717, 1.165) is 19.5 Å². The number of carbonyl (C=O) groups excluding carboxylic acids is 1. The summed E-state index contributed by atoms with van der Waals surface area (Å²) in [7, 11) is 0. The van der Waals surface area contributed by atoms with Crippen molar-refractivity contribution in [2.45, 2.75) is 25.9 Å². The molecule has 86 valence electrons. The Kier molecular flexibility index (Phi) is 3.57. The van der Waals surface area contributed by atoms with E-state index >= 15 is 0 Å². The first-order valence-electron chi connectivity index (χ1n) is 5.76. The fourth-order valence-electron chi connectivity index (χ4n) is 1.95. The highest BCUT2D eigenvalue weighted by Gasteiger charge is 2.34. The molecule has 1 saturated heterocycles. The summed E-state index contributed by atoms with van der Waals surface area (Å²) in [5.41, 5.74) is 1.25. The lowest BCUT2D eigenvalue weighted by molar-refractivity contribution is -0.154. The highest BCUT2D eigenvalue weighted by atomic mass is 16.5. The predicted octanol–water partition coefficient (Wildman–Crippen LogP) is 1.82. The van der Waals surface area contributed by atoms with E-state index in [2.05, 4.69) is 17.0 Å². The van der Waals surface area contributed by atoms with Crippen LogP contribution in [0.4, 0.5) is 0 Å². The van der Waals surface area contributed by atoms with Crippen LogP contribution >= 0.6 is 0 Å². The summed E-state index contributed by atoms with van der Waals surface area (Å²) in [6.45, 7) is 4.13. The van der Waals surface area contributed by atoms with Crippen molar-refractivity contribution in [2.75, 3.05) is 13.2 Å². The molecule has 1 fully saturated rings. The van der Waals surface area contributed by atoms with Crippen molar-refractivity contribution in [1.82, 2.24) is 4.90 Å². The highest BCUT2D eigenvalue weighted by molar-refractivity contribution is 5.76. The van der Waals surface area contributed by atoms with Crippen LogP contribution in [0.5, 0.6) is 0 Å². The molecule has 0 N–H and O–H groups in total. The average molecular weight is 219 g/mol. The standard InChI is InChI=1S/C13H17NO2/c1-2-16-13(15)12-8-9-14(12)10-11-6-4-3-5-7-11/h3-7,12H,2,8-10H2,1H3/t12-/m0/s1. The number of nitrogens with zero attached hydrogens (tertiary/aromatic N) is 1. The molecule has 0 bridgehead atoms. The third-order valence-corrected chi connectivity index (χ3v) is 2.92. The van der Waals surface area contributed by atoms with Crippen LogP contribution in [0.3, 0.4) is 0 Å². The van der Waals surface area contributed by atoms with Gasteiger partial charge in [-0.15, -0.1) is 0 Å². The normalized spacial score (nSPS) is 20.2. The zero-order valence-electron chi connectivity index (χ0n) is 9.56. The average Bonchev–Trinajstić information content (AvgIpc) is 2.26. The Labute approximate surface area is 96.0 Å². The van der Waals surface area contributed by atoms with Crippen LogP contribution in [0.25, 0.3) is 0 Å². The maximum absolute atomic E-state index is 11.6. The predicted molar refractivity (Wildman–Crippen MR) is 61.9 cm³/mol. The van der Waals surface area contributed by atoms with Crippen molar-refractivity contribution in [3.8, 4) is 0 Å². The number of likely N-dealkylation sites (tertiary alicyclic amines) is 1. The summed E-state index contributed by atoms with van der Waals surface area (Å²) in [6.07, 6.45) is 0.922.